The first-order valence-electron chi connectivity index (χ1n) is 6.67. The number of aryl methyl sites for hydroxylation is 1. The Bertz CT molecular complexity index is 796. The Morgan fingerprint density at radius 1 is 1.00 bits per heavy atom. The molecule has 3 aromatic rings. The van der Waals surface area contributed by atoms with Gasteiger partial charge in [0.2, 0.25) is 0 Å². The molecule has 0 aliphatic heterocycles. The van der Waals surface area contributed by atoms with E-state index in [1.54, 1.807) is 37.3 Å². The molecule has 2 heterocycles. The minimum absolute atomic E-state index is 0.0335. The van der Waals surface area contributed by atoms with Crippen molar-refractivity contribution in [2.45, 2.75) is 19.5 Å². The van der Waals surface area contributed by atoms with Crippen LogP contribution in [-0.4, -0.2) is 30.2 Å². The number of benzene rings is 1. The molecule has 0 aliphatic rings. The van der Waals surface area contributed by atoms with Crippen LogP contribution in [0.1, 0.15) is 22.9 Å². The Morgan fingerprint density at radius 3 is 2.26 bits per heavy atom. The highest BCUT2D eigenvalue weighted by Crippen LogP contribution is 2.34. The van der Waals surface area contributed by atoms with Crippen molar-refractivity contribution in [3.05, 3.63) is 59.4 Å². The smallest absolute Gasteiger partial charge is 0.228 e. The third kappa shape index (κ3) is 3.17. The van der Waals surface area contributed by atoms with E-state index in [0.717, 1.165) is 4.68 Å². The number of alkyl halides is 3. The van der Waals surface area contributed by atoms with Gasteiger partial charge in [-0.1, -0.05) is 18.2 Å². The van der Waals surface area contributed by atoms with Crippen molar-refractivity contribution in [1.82, 2.24) is 30.2 Å². The Balaban J connectivity index is 2.04. The molecular formula is C14H11F3N6. The second-order valence-corrected chi connectivity index (χ2v) is 4.80. The van der Waals surface area contributed by atoms with Crippen molar-refractivity contribution in [3.63, 3.8) is 0 Å². The number of nitrogens with zero attached hydrogens (tertiary/aromatic N) is 6. The lowest BCUT2D eigenvalue weighted by atomic mass is 10.1. The van der Waals surface area contributed by atoms with Gasteiger partial charge < -0.3 is 0 Å². The van der Waals surface area contributed by atoms with Crippen LogP contribution in [0.5, 0.6) is 0 Å². The molecule has 0 unspecified atom stereocenters. The predicted molar refractivity (Wildman–Crippen MR) is 73.7 cm³/mol. The van der Waals surface area contributed by atoms with E-state index in [-0.39, 0.29) is 17.8 Å². The maximum Gasteiger partial charge on any atom is 0.433 e. The van der Waals surface area contributed by atoms with Gasteiger partial charge in [-0.05, 0) is 19.1 Å². The molecule has 3 rings (SSSR count). The summed E-state index contributed by atoms with van der Waals surface area (Å²) in [6.45, 7) is 1.60. The van der Waals surface area contributed by atoms with Crippen LogP contribution in [0.25, 0.3) is 5.69 Å². The first-order valence-corrected chi connectivity index (χ1v) is 6.67. The van der Waals surface area contributed by atoms with Gasteiger partial charge in [0.1, 0.15) is 0 Å². The average molecular weight is 320 g/mol. The van der Waals surface area contributed by atoms with E-state index in [2.05, 4.69) is 25.5 Å². The molecule has 0 radical (unpaired) electrons. The zero-order valence-corrected chi connectivity index (χ0v) is 12.0. The van der Waals surface area contributed by atoms with E-state index in [9.17, 15) is 13.2 Å². The molecule has 23 heavy (non-hydrogen) atoms. The van der Waals surface area contributed by atoms with Gasteiger partial charge in [0, 0.05) is 12.0 Å². The lowest BCUT2D eigenvalue weighted by molar-refractivity contribution is -0.143. The van der Waals surface area contributed by atoms with E-state index in [1.165, 1.54) is 6.20 Å². The van der Waals surface area contributed by atoms with E-state index in [1.807, 2.05) is 0 Å². The molecule has 0 N–H and O–H groups in total. The standard InChI is InChI=1S/C14H11F3N6/c1-9-19-21-12(22-20-9)7-10-8-18-23(13(10)14(15,16)17)11-5-3-2-4-6-11/h2-6,8H,7H2,1H3. The number of rotatable bonds is 3. The van der Waals surface area contributed by atoms with Crippen molar-refractivity contribution in [1.29, 1.82) is 0 Å². The zero-order valence-electron chi connectivity index (χ0n) is 12.0. The van der Waals surface area contributed by atoms with Gasteiger partial charge in [-0.3, -0.25) is 0 Å². The third-order valence-corrected chi connectivity index (χ3v) is 3.08. The van der Waals surface area contributed by atoms with Gasteiger partial charge in [-0.2, -0.15) is 18.3 Å². The predicted octanol–water partition coefficient (Wildman–Crippen LogP) is 2.37. The fourth-order valence-electron chi connectivity index (χ4n) is 2.12. The van der Waals surface area contributed by atoms with Gasteiger partial charge in [0.25, 0.3) is 0 Å². The van der Waals surface area contributed by atoms with Crippen LogP contribution in [0.15, 0.2) is 36.5 Å². The van der Waals surface area contributed by atoms with Crippen LogP contribution in [0.2, 0.25) is 0 Å². The lowest BCUT2D eigenvalue weighted by Gasteiger charge is -2.12. The summed E-state index contributed by atoms with van der Waals surface area (Å²) < 4.78 is 41.3. The summed E-state index contributed by atoms with van der Waals surface area (Å²) in [5.41, 5.74) is -0.561. The summed E-state index contributed by atoms with van der Waals surface area (Å²) in [5, 5.41) is 18.8. The molecule has 118 valence electrons. The van der Waals surface area contributed by atoms with Crippen LogP contribution < -0.4 is 0 Å². The quantitative estimate of drug-likeness (QED) is 0.741. The Kier molecular flexibility index (Phi) is 3.77. The number of hydrogen-bond donors (Lipinski definition) is 0. The molecule has 6 nitrogen and oxygen atoms in total. The van der Waals surface area contributed by atoms with Crippen LogP contribution in [-0.2, 0) is 12.6 Å². The van der Waals surface area contributed by atoms with Crippen molar-refractivity contribution in [3.8, 4) is 5.69 Å². The van der Waals surface area contributed by atoms with Crippen LogP contribution in [0.4, 0.5) is 13.2 Å². The molecule has 0 saturated heterocycles. The van der Waals surface area contributed by atoms with Crippen LogP contribution in [0, 0.1) is 6.92 Å². The number of aromatic nitrogens is 6. The second kappa shape index (κ2) is 5.75. The summed E-state index contributed by atoms with van der Waals surface area (Å²) in [5.74, 6) is 0.457. The molecule has 0 saturated carbocycles. The van der Waals surface area contributed by atoms with Gasteiger partial charge in [0.15, 0.2) is 17.3 Å². The largest absolute Gasteiger partial charge is 0.433 e. The normalized spacial score (nSPS) is 11.7. The molecule has 0 atom stereocenters. The highest BCUT2D eigenvalue weighted by molar-refractivity contribution is 5.36. The maximum absolute atomic E-state index is 13.5. The fraction of sp³-hybridized carbons (Fsp3) is 0.214. The van der Waals surface area contributed by atoms with Gasteiger partial charge in [-0.15, -0.1) is 20.4 Å². The van der Waals surface area contributed by atoms with Crippen molar-refractivity contribution < 1.29 is 13.2 Å². The SMILES string of the molecule is Cc1nnc(Cc2cnn(-c3ccccc3)c2C(F)(F)F)nn1. The Morgan fingerprint density at radius 2 is 1.65 bits per heavy atom. The molecule has 0 fully saturated rings. The zero-order chi connectivity index (χ0) is 16.4. The molecule has 0 bridgehead atoms. The molecule has 2 aromatic heterocycles. The Hall–Kier alpha value is -2.84. The maximum atomic E-state index is 13.5. The van der Waals surface area contributed by atoms with E-state index in [0.29, 0.717) is 11.5 Å². The average Bonchev–Trinajstić information content (AvgIpc) is 2.94. The summed E-state index contributed by atoms with van der Waals surface area (Å²) in [7, 11) is 0. The first-order chi connectivity index (χ1) is 10.9. The highest BCUT2D eigenvalue weighted by atomic mass is 19.4. The van der Waals surface area contributed by atoms with Crippen LogP contribution >= 0.6 is 0 Å². The van der Waals surface area contributed by atoms with E-state index in [4.69, 9.17) is 0 Å². The molecule has 0 amide bonds. The minimum Gasteiger partial charge on any atom is -0.228 e. The first kappa shape index (κ1) is 15.1. The van der Waals surface area contributed by atoms with Crippen molar-refractivity contribution in [2.24, 2.45) is 0 Å². The van der Waals surface area contributed by atoms with Gasteiger partial charge >= 0.3 is 6.18 Å². The number of para-hydroxylation sites is 1. The summed E-state index contributed by atoms with van der Waals surface area (Å²) in [6.07, 6.45) is -3.55. The molecule has 0 spiro atoms. The summed E-state index contributed by atoms with van der Waals surface area (Å²) in [4.78, 5) is 0. The summed E-state index contributed by atoms with van der Waals surface area (Å²) >= 11 is 0. The molecular weight excluding hydrogens is 309 g/mol. The van der Waals surface area contributed by atoms with E-state index >= 15 is 0 Å². The number of halogens is 3. The second-order valence-electron chi connectivity index (χ2n) is 4.80. The molecule has 9 heteroatoms. The Labute approximate surface area is 129 Å². The molecule has 0 aliphatic carbocycles. The van der Waals surface area contributed by atoms with Crippen molar-refractivity contribution in [2.75, 3.05) is 0 Å². The minimum atomic E-state index is -4.56. The van der Waals surface area contributed by atoms with Gasteiger partial charge in [-0.25, -0.2) is 4.68 Å². The molecule has 1 aromatic carbocycles. The summed E-state index contributed by atoms with van der Waals surface area (Å²) in [6, 6.07) is 8.12. The van der Waals surface area contributed by atoms with Crippen LogP contribution in [0.3, 0.4) is 0 Å². The third-order valence-electron chi connectivity index (χ3n) is 3.08. The monoisotopic (exact) mass is 320 g/mol. The number of hydrogen-bond acceptors (Lipinski definition) is 5. The highest BCUT2D eigenvalue weighted by Gasteiger charge is 2.38. The lowest BCUT2D eigenvalue weighted by Crippen LogP contribution is -2.16. The van der Waals surface area contributed by atoms with Crippen molar-refractivity contribution >= 4 is 0 Å². The van der Waals surface area contributed by atoms with Gasteiger partial charge in [0.05, 0.1) is 11.9 Å². The topological polar surface area (TPSA) is 69.4 Å². The fourth-order valence-corrected chi connectivity index (χ4v) is 2.12. The van der Waals surface area contributed by atoms with E-state index < -0.39 is 11.9 Å².